The largest absolute Gasteiger partial charge is 0.300 e. The molecule has 0 aliphatic carbocycles. The number of carbonyl (C=O) groups is 1. The van der Waals surface area contributed by atoms with Gasteiger partial charge in [0.15, 0.2) is 0 Å². The van der Waals surface area contributed by atoms with Crippen LogP contribution in [0.4, 0.5) is 0 Å². The van der Waals surface area contributed by atoms with Crippen LogP contribution in [-0.2, 0) is 18.3 Å². The van der Waals surface area contributed by atoms with Crippen LogP contribution in [0, 0.1) is 5.92 Å². The van der Waals surface area contributed by atoms with Crippen molar-refractivity contribution in [3.63, 3.8) is 0 Å². The summed E-state index contributed by atoms with van der Waals surface area (Å²) in [5.41, 5.74) is 1.14. The van der Waals surface area contributed by atoms with Gasteiger partial charge in [0.2, 0.25) is 0 Å². The number of carbonyl (C=O) groups excluding carboxylic acids is 1. The maximum Gasteiger partial charge on any atom is 0.133 e. The number of ketones is 1. The quantitative estimate of drug-likeness (QED) is 0.718. The molecule has 0 aliphatic heterocycles. The highest BCUT2D eigenvalue weighted by Gasteiger charge is 2.05. The Balaban J connectivity index is 2.30. The van der Waals surface area contributed by atoms with Gasteiger partial charge in [-0.1, -0.05) is 13.8 Å². The average molecular weight is 194 g/mol. The summed E-state index contributed by atoms with van der Waals surface area (Å²) in [6.07, 6.45) is 5.94. The van der Waals surface area contributed by atoms with Gasteiger partial charge in [0.1, 0.15) is 5.78 Å². The molecule has 1 aromatic heterocycles. The number of aromatic nitrogens is 2. The Kier molecular flexibility index (Phi) is 3.86. The van der Waals surface area contributed by atoms with Gasteiger partial charge in [0, 0.05) is 26.1 Å². The third kappa shape index (κ3) is 3.73. The van der Waals surface area contributed by atoms with Gasteiger partial charge in [-0.05, 0) is 17.9 Å². The Bertz CT molecular complexity index is 302. The summed E-state index contributed by atoms with van der Waals surface area (Å²) >= 11 is 0. The van der Waals surface area contributed by atoms with Gasteiger partial charge in [-0.15, -0.1) is 0 Å². The topological polar surface area (TPSA) is 34.9 Å². The zero-order valence-corrected chi connectivity index (χ0v) is 9.16. The van der Waals surface area contributed by atoms with Gasteiger partial charge in [0.05, 0.1) is 6.20 Å². The molecular weight excluding hydrogens is 176 g/mol. The summed E-state index contributed by atoms with van der Waals surface area (Å²) in [6.45, 7) is 4.14. The second-order valence-electron chi connectivity index (χ2n) is 4.16. The van der Waals surface area contributed by atoms with E-state index in [1.54, 1.807) is 4.68 Å². The minimum atomic E-state index is 0.351. The number of nitrogens with zero attached hydrogens (tertiary/aromatic N) is 2. The Morgan fingerprint density at radius 3 is 2.79 bits per heavy atom. The number of aryl methyl sites for hydroxylation is 2. The van der Waals surface area contributed by atoms with E-state index in [9.17, 15) is 4.79 Å². The highest BCUT2D eigenvalue weighted by atomic mass is 16.1. The lowest BCUT2D eigenvalue weighted by atomic mass is 10.0. The summed E-state index contributed by atoms with van der Waals surface area (Å²) in [6, 6.07) is 0. The van der Waals surface area contributed by atoms with Gasteiger partial charge < -0.3 is 0 Å². The molecule has 0 radical (unpaired) electrons. The summed E-state index contributed by atoms with van der Waals surface area (Å²) in [5.74, 6) is 0.820. The van der Waals surface area contributed by atoms with Crippen LogP contribution in [0.2, 0.25) is 0 Å². The van der Waals surface area contributed by atoms with Crippen molar-refractivity contribution in [2.24, 2.45) is 13.0 Å². The van der Waals surface area contributed by atoms with Gasteiger partial charge in [-0.3, -0.25) is 9.48 Å². The molecule has 3 heteroatoms. The number of hydrogen-bond acceptors (Lipinski definition) is 2. The molecule has 14 heavy (non-hydrogen) atoms. The zero-order chi connectivity index (χ0) is 10.6. The molecule has 1 aromatic rings. The van der Waals surface area contributed by atoms with E-state index in [-0.39, 0.29) is 0 Å². The molecule has 0 amide bonds. The van der Waals surface area contributed by atoms with Gasteiger partial charge in [-0.2, -0.15) is 5.10 Å². The molecule has 0 saturated heterocycles. The third-order valence-corrected chi connectivity index (χ3v) is 2.09. The van der Waals surface area contributed by atoms with Crippen molar-refractivity contribution in [2.75, 3.05) is 0 Å². The molecule has 0 aliphatic rings. The number of Topliss-reactive ketones (excluding diaryl/α,β-unsaturated/α-hetero) is 1. The Hall–Kier alpha value is -1.12. The van der Waals surface area contributed by atoms with Crippen LogP contribution in [0.5, 0.6) is 0 Å². The van der Waals surface area contributed by atoms with Crippen LogP contribution in [0.3, 0.4) is 0 Å². The Morgan fingerprint density at radius 2 is 2.29 bits per heavy atom. The van der Waals surface area contributed by atoms with Gasteiger partial charge in [-0.25, -0.2) is 0 Å². The molecule has 3 nitrogen and oxygen atoms in total. The summed E-state index contributed by atoms with van der Waals surface area (Å²) in [7, 11) is 1.89. The molecule has 0 spiro atoms. The summed E-state index contributed by atoms with van der Waals surface area (Å²) < 4.78 is 1.77. The third-order valence-electron chi connectivity index (χ3n) is 2.09. The SMILES string of the molecule is CC(C)CC(=O)CCc1cnn(C)c1. The van der Waals surface area contributed by atoms with Gasteiger partial charge >= 0.3 is 0 Å². The van der Waals surface area contributed by atoms with E-state index >= 15 is 0 Å². The molecule has 1 heterocycles. The van der Waals surface area contributed by atoms with Crippen molar-refractivity contribution in [3.05, 3.63) is 18.0 Å². The second kappa shape index (κ2) is 4.94. The van der Waals surface area contributed by atoms with E-state index in [1.165, 1.54) is 0 Å². The van der Waals surface area contributed by atoms with Crippen molar-refractivity contribution >= 4 is 5.78 Å². The fraction of sp³-hybridized carbons (Fsp3) is 0.636. The van der Waals surface area contributed by atoms with E-state index in [4.69, 9.17) is 0 Å². The predicted octanol–water partition coefficient (Wildman–Crippen LogP) is 1.97. The first-order valence-electron chi connectivity index (χ1n) is 5.07. The van der Waals surface area contributed by atoms with Crippen LogP contribution in [0.25, 0.3) is 0 Å². The molecule has 78 valence electrons. The second-order valence-corrected chi connectivity index (χ2v) is 4.16. The van der Waals surface area contributed by atoms with Crippen LogP contribution < -0.4 is 0 Å². The van der Waals surface area contributed by atoms with Crippen molar-refractivity contribution in [1.29, 1.82) is 0 Å². The maximum atomic E-state index is 11.4. The monoisotopic (exact) mass is 194 g/mol. The molecular formula is C11H18N2O. The molecule has 0 N–H and O–H groups in total. The smallest absolute Gasteiger partial charge is 0.133 e. The lowest BCUT2D eigenvalue weighted by molar-refractivity contribution is -0.119. The first-order chi connectivity index (χ1) is 6.58. The molecule has 0 bridgehead atoms. The molecule has 0 saturated carbocycles. The van der Waals surface area contributed by atoms with Crippen LogP contribution >= 0.6 is 0 Å². The molecule has 0 unspecified atom stereocenters. The highest BCUT2D eigenvalue weighted by Crippen LogP contribution is 2.06. The van der Waals surface area contributed by atoms with E-state index < -0.39 is 0 Å². The van der Waals surface area contributed by atoms with Crippen molar-refractivity contribution < 1.29 is 4.79 Å². The Labute approximate surface area is 85.1 Å². The standard InChI is InChI=1S/C11H18N2O/c1-9(2)6-11(14)5-4-10-7-12-13(3)8-10/h7-9H,4-6H2,1-3H3. The van der Waals surface area contributed by atoms with E-state index in [0.29, 0.717) is 24.5 Å². The summed E-state index contributed by atoms with van der Waals surface area (Å²) in [5, 5.41) is 4.06. The van der Waals surface area contributed by atoms with Crippen molar-refractivity contribution in [3.8, 4) is 0 Å². The van der Waals surface area contributed by atoms with Crippen LogP contribution in [0.15, 0.2) is 12.4 Å². The van der Waals surface area contributed by atoms with Gasteiger partial charge in [0.25, 0.3) is 0 Å². The first kappa shape index (κ1) is 11.0. The average Bonchev–Trinajstić information content (AvgIpc) is 2.47. The van der Waals surface area contributed by atoms with Crippen LogP contribution in [0.1, 0.15) is 32.3 Å². The predicted molar refractivity (Wildman–Crippen MR) is 56.0 cm³/mol. The lowest BCUT2D eigenvalue weighted by Gasteiger charge is -2.02. The first-order valence-corrected chi connectivity index (χ1v) is 5.07. The molecule has 0 fully saturated rings. The number of hydrogen-bond donors (Lipinski definition) is 0. The van der Waals surface area contributed by atoms with E-state index in [0.717, 1.165) is 12.0 Å². The lowest BCUT2D eigenvalue weighted by Crippen LogP contribution is -2.03. The fourth-order valence-corrected chi connectivity index (χ4v) is 1.44. The number of rotatable bonds is 5. The zero-order valence-electron chi connectivity index (χ0n) is 9.16. The van der Waals surface area contributed by atoms with Crippen molar-refractivity contribution in [1.82, 2.24) is 9.78 Å². The maximum absolute atomic E-state index is 11.4. The molecule has 0 atom stereocenters. The molecule has 0 aromatic carbocycles. The summed E-state index contributed by atoms with van der Waals surface area (Å²) in [4.78, 5) is 11.4. The fourth-order valence-electron chi connectivity index (χ4n) is 1.44. The van der Waals surface area contributed by atoms with Crippen LogP contribution in [-0.4, -0.2) is 15.6 Å². The van der Waals surface area contributed by atoms with E-state index in [2.05, 4.69) is 18.9 Å². The van der Waals surface area contributed by atoms with Crippen molar-refractivity contribution in [2.45, 2.75) is 33.1 Å². The highest BCUT2D eigenvalue weighted by molar-refractivity contribution is 5.78. The molecule has 1 rings (SSSR count). The Morgan fingerprint density at radius 1 is 1.57 bits per heavy atom. The minimum Gasteiger partial charge on any atom is -0.300 e. The van der Waals surface area contributed by atoms with E-state index in [1.807, 2.05) is 19.4 Å². The minimum absolute atomic E-state index is 0.351. The normalized spacial score (nSPS) is 10.9.